The van der Waals surface area contributed by atoms with Crippen LogP contribution in [-0.4, -0.2) is 49.3 Å². The molecule has 3 nitrogen and oxygen atoms in total. The average Bonchev–Trinajstić information content (AvgIpc) is 3.24. The first-order chi connectivity index (χ1) is 9.55. The smallest absolute Gasteiger partial charge is 0.0593 e. The molecule has 0 amide bonds. The maximum Gasteiger partial charge on any atom is 0.0593 e. The normalized spacial score (nSPS) is 31.9. The van der Waals surface area contributed by atoms with Crippen LogP contribution in [0.2, 0.25) is 0 Å². The third-order valence-electron chi connectivity index (χ3n) is 5.22. The van der Waals surface area contributed by atoms with Gasteiger partial charge in [0.1, 0.15) is 0 Å². The standard InChI is InChI=1S/C17H34N2O/c1-5-17(4)13-18-16(15-6-7-15)12-19(17)9-11-20-10-8-14(2)3/h14-16,18H,5-13H2,1-4H3. The van der Waals surface area contributed by atoms with Crippen molar-refractivity contribution in [1.29, 1.82) is 0 Å². The van der Waals surface area contributed by atoms with Gasteiger partial charge in [0.15, 0.2) is 0 Å². The summed E-state index contributed by atoms with van der Waals surface area (Å²) in [6.07, 6.45) is 5.25. The van der Waals surface area contributed by atoms with Crippen LogP contribution >= 0.6 is 0 Å². The van der Waals surface area contributed by atoms with E-state index in [1.165, 1.54) is 32.2 Å². The van der Waals surface area contributed by atoms with Crippen molar-refractivity contribution in [3.05, 3.63) is 0 Å². The van der Waals surface area contributed by atoms with E-state index in [0.29, 0.717) is 5.54 Å². The second-order valence-electron chi connectivity index (χ2n) is 7.42. The summed E-state index contributed by atoms with van der Waals surface area (Å²) in [5.74, 6) is 1.69. The van der Waals surface area contributed by atoms with E-state index in [4.69, 9.17) is 4.74 Å². The Bertz CT molecular complexity index is 291. The van der Waals surface area contributed by atoms with Gasteiger partial charge in [-0.2, -0.15) is 0 Å². The maximum absolute atomic E-state index is 5.83. The van der Waals surface area contributed by atoms with Gasteiger partial charge in [0.05, 0.1) is 6.61 Å². The Kier molecular flexibility index (Phi) is 5.88. The lowest BCUT2D eigenvalue weighted by Gasteiger charge is -2.48. The Morgan fingerprint density at radius 1 is 1.30 bits per heavy atom. The minimum Gasteiger partial charge on any atom is -0.380 e. The summed E-state index contributed by atoms with van der Waals surface area (Å²) in [5, 5.41) is 3.79. The van der Waals surface area contributed by atoms with Gasteiger partial charge in [-0.05, 0) is 44.4 Å². The van der Waals surface area contributed by atoms with Crippen molar-refractivity contribution in [2.24, 2.45) is 11.8 Å². The zero-order chi connectivity index (χ0) is 14.6. The van der Waals surface area contributed by atoms with Gasteiger partial charge in [-0.25, -0.2) is 0 Å². The molecule has 118 valence electrons. The van der Waals surface area contributed by atoms with Crippen LogP contribution in [0.1, 0.15) is 53.4 Å². The number of hydrogen-bond acceptors (Lipinski definition) is 3. The fourth-order valence-corrected chi connectivity index (χ4v) is 3.11. The molecule has 1 N–H and O–H groups in total. The lowest BCUT2D eigenvalue weighted by molar-refractivity contribution is 0.0124. The van der Waals surface area contributed by atoms with Crippen LogP contribution in [0.25, 0.3) is 0 Å². The molecular formula is C17H34N2O. The first-order valence-electron chi connectivity index (χ1n) is 8.61. The van der Waals surface area contributed by atoms with Crippen LogP contribution in [-0.2, 0) is 4.74 Å². The summed E-state index contributed by atoms with van der Waals surface area (Å²) in [6, 6.07) is 0.727. The molecular weight excluding hydrogens is 248 g/mol. The van der Waals surface area contributed by atoms with E-state index in [0.717, 1.165) is 44.2 Å². The molecule has 1 saturated carbocycles. The largest absolute Gasteiger partial charge is 0.380 e. The topological polar surface area (TPSA) is 24.5 Å². The van der Waals surface area contributed by atoms with Crippen LogP contribution in [0.4, 0.5) is 0 Å². The first kappa shape index (κ1) is 16.3. The van der Waals surface area contributed by atoms with E-state index in [9.17, 15) is 0 Å². The number of rotatable bonds is 8. The van der Waals surface area contributed by atoms with Crippen LogP contribution in [0.3, 0.4) is 0 Å². The van der Waals surface area contributed by atoms with Gasteiger partial charge in [0.25, 0.3) is 0 Å². The summed E-state index contributed by atoms with van der Waals surface area (Å²) in [6.45, 7) is 14.5. The molecule has 0 bridgehead atoms. The minimum absolute atomic E-state index is 0.312. The molecule has 2 atom stereocenters. The lowest BCUT2D eigenvalue weighted by atomic mass is 9.91. The summed E-state index contributed by atoms with van der Waals surface area (Å²) in [5.41, 5.74) is 0.312. The van der Waals surface area contributed by atoms with Crippen LogP contribution in [0.5, 0.6) is 0 Å². The molecule has 2 rings (SSSR count). The van der Waals surface area contributed by atoms with E-state index >= 15 is 0 Å². The number of nitrogens with one attached hydrogen (secondary N) is 1. The molecule has 3 heteroatoms. The van der Waals surface area contributed by atoms with Gasteiger partial charge in [-0.1, -0.05) is 20.8 Å². The highest BCUT2D eigenvalue weighted by Gasteiger charge is 2.41. The van der Waals surface area contributed by atoms with Gasteiger partial charge in [-0.3, -0.25) is 4.90 Å². The molecule has 0 aromatic carbocycles. The average molecular weight is 282 g/mol. The van der Waals surface area contributed by atoms with Gasteiger partial charge in [0, 0.05) is 37.8 Å². The number of nitrogens with zero attached hydrogens (tertiary/aromatic N) is 1. The molecule has 2 fully saturated rings. The third kappa shape index (κ3) is 4.44. The second-order valence-corrected chi connectivity index (χ2v) is 7.42. The Hall–Kier alpha value is -0.120. The SMILES string of the molecule is CCC1(C)CNC(C2CC2)CN1CCOCCC(C)C. The quantitative estimate of drug-likeness (QED) is 0.693. The Balaban J connectivity index is 1.75. The van der Waals surface area contributed by atoms with Crippen LogP contribution < -0.4 is 5.32 Å². The zero-order valence-corrected chi connectivity index (χ0v) is 14.0. The number of piperazine rings is 1. The molecule has 2 unspecified atom stereocenters. The molecule has 1 aliphatic carbocycles. The molecule has 0 radical (unpaired) electrons. The highest BCUT2D eigenvalue weighted by atomic mass is 16.5. The zero-order valence-electron chi connectivity index (χ0n) is 14.0. The van der Waals surface area contributed by atoms with E-state index in [1.54, 1.807) is 0 Å². The predicted octanol–water partition coefficient (Wildman–Crippen LogP) is 2.90. The number of hydrogen-bond donors (Lipinski definition) is 1. The Morgan fingerprint density at radius 2 is 2.05 bits per heavy atom. The molecule has 1 saturated heterocycles. The van der Waals surface area contributed by atoms with E-state index in [-0.39, 0.29) is 0 Å². The second kappa shape index (κ2) is 7.24. The van der Waals surface area contributed by atoms with Crippen molar-refractivity contribution in [3.63, 3.8) is 0 Å². The summed E-state index contributed by atoms with van der Waals surface area (Å²) in [4.78, 5) is 2.68. The van der Waals surface area contributed by atoms with Crippen molar-refractivity contribution >= 4 is 0 Å². The van der Waals surface area contributed by atoms with Crippen LogP contribution in [0, 0.1) is 11.8 Å². The van der Waals surface area contributed by atoms with Gasteiger partial charge >= 0.3 is 0 Å². The first-order valence-corrected chi connectivity index (χ1v) is 8.61. The molecule has 20 heavy (non-hydrogen) atoms. The molecule has 1 aliphatic heterocycles. The van der Waals surface area contributed by atoms with Crippen molar-refractivity contribution in [3.8, 4) is 0 Å². The van der Waals surface area contributed by atoms with Crippen molar-refractivity contribution in [2.45, 2.75) is 65.0 Å². The molecule has 0 spiro atoms. The summed E-state index contributed by atoms with van der Waals surface area (Å²) in [7, 11) is 0. The monoisotopic (exact) mass is 282 g/mol. The van der Waals surface area contributed by atoms with Gasteiger partial charge < -0.3 is 10.1 Å². The summed E-state index contributed by atoms with van der Waals surface area (Å²) >= 11 is 0. The van der Waals surface area contributed by atoms with Crippen molar-refractivity contribution in [2.75, 3.05) is 32.8 Å². The lowest BCUT2D eigenvalue weighted by Crippen LogP contribution is -2.64. The predicted molar refractivity (Wildman–Crippen MR) is 85.1 cm³/mol. The van der Waals surface area contributed by atoms with Gasteiger partial charge in [0.2, 0.25) is 0 Å². The van der Waals surface area contributed by atoms with E-state index in [2.05, 4.69) is 37.9 Å². The molecule has 0 aromatic heterocycles. The highest BCUT2D eigenvalue weighted by Crippen LogP contribution is 2.36. The van der Waals surface area contributed by atoms with Crippen molar-refractivity contribution in [1.82, 2.24) is 10.2 Å². The fourth-order valence-electron chi connectivity index (χ4n) is 3.11. The van der Waals surface area contributed by atoms with E-state index < -0.39 is 0 Å². The molecule has 1 heterocycles. The number of ether oxygens (including phenoxy) is 1. The highest BCUT2D eigenvalue weighted by molar-refractivity contribution is 4.99. The Morgan fingerprint density at radius 3 is 2.65 bits per heavy atom. The fraction of sp³-hybridized carbons (Fsp3) is 1.00. The minimum atomic E-state index is 0.312. The Labute approximate surface area is 125 Å². The third-order valence-corrected chi connectivity index (χ3v) is 5.22. The van der Waals surface area contributed by atoms with Crippen LogP contribution in [0.15, 0.2) is 0 Å². The van der Waals surface area contributed by atoms with E-state index in [1.807, 2.05) is 0 Å². The van der Waals surface area contributed by atoms with Crippen molar-refractivity contribution < 1.29 is 4.74 Å². The maximum atomic E-state index is 5.83. The summed E-state index contributed by atoms with van der Waals surface area (Å²) < 4.78 is 5.83. The molecule has 0 aromatic rings. The van der Waals surface area contributed by atoms with Gasteiger partial charge in [-0.15, -0.1) is 0 Å². The molecule has 2 aliphatic rings.